The summed E-state index contributed by atoms with van der Waals surface area (Å²) in [5.74, 6) is -1.09. The number of hydrogen-bond donors (Lipinski definition) is 2. The lowest BCUT2D eigenvalue weighted by molar-refractivity contribution is -0.274. The first-order valence-electron chi connectivity index (χ1n) is 4.81. The van der Waals surface area contributed by atoms with E-state index in [-0.39, 0.29) is 5.56 Å². The monoisotopic (exact) mass is 271 g/mol. The number of nitrogens with two attached hydrogens (primary N) is 1. The number of ether oxygens (including phenoxy) is 1. The number of phenols is 1. The van der Waals surface area contributed by atoms with Crippen molar-refractivity contribution in [3.8, 4) is 11.5 Å². The lowest BCUT2D eigenvalue weighted by atomic mass is 10.0. The van der Waals surface area contributed by atoms with Crippen LogP contribution >= 0.6 is 0 Å². The van der Waals surface area contributed by atoms with E-state index >= 15 is 0 Å². The maximum Gasteiger partial charge on any atom is 0.573 e. The molecule has 0 aliphatic rings. The van der Waals surface area contributed by atoms with Crippen LogP contribution in [0.5, 0.6) is 11.5 Å². The van der Waals surface area contributed by atoms with Crippen molar-refractivity contribution in [2.24, 2.45) is 5.73 Å². The fourth-order valence-electron chi connectivity index (χ4n) is 1.35. The van der Waals surface area contributed by atoms with Gasteiger partial charge in [0.2, 0.25) is 6.43 Å². The highest BCUT2D eigenvalue weighted by atomic mass is 19.4. The third-order valence-corrected chi connectivity index (χ3v) is 2.06. The molecule has 0 radical (unpaired) electrons. The number of benzene rings is 1. The smallest absolute Gasteiger partial charge is 0.508 e. The Hall–Kier alpha value is -1.57. The van der Waals surface area contributed by atoms with Crippen LogP contribution in [0.3, 0.4) is 0 Å². The summed E-state index contributed by atoms with van der Waals surface area (Å²) in [7, 11) is 0. The predicted molar refractivity (Wildman–Crippen MR) is 52.3 cm³/mol. The Balaban J connectivity index is 2.94. The molecule has 3 nitrogen and oxygen atoms in total. The van der Waals surface area contributed by atoms with Crippen LogP contribution in [0.1, 0.15) is 18.0 Å². The Kier molecular flexibility index (Phi) is 4.33. The molecular formula is C10H10F5NO2. The van der Waals surface area contributed by atoms with E-state index in [0.29, 0.717) is 0 Å². The summed E-state index contributed by atoms with van der Waals surface area (Å²) in [6.45, 7) is 0. The van der Waals surface area contributed by atoms with Crippen molar-refractivity contribution in [3.05, 3.63) is 23.8 Å². The van der Waals surface area contributed by atoms with Gasteiger partial charge in [0.15, 0.2) is 0 Å². The zero-order chi connectivity index (χ0) is 13.9. The molecule has 1 aromatic rings. The summed E-state index contributed by atoms with van der Waals surface area (Å²) >= 11 is 0. The van der Waals surface area contributed by atoms with Crippen LogP contribution in [-0.2, 0) is 0 Å². The molecule has 0 spiro atoms. The fourth-order valence-corrected chi connectivity index (χ4v) is 1.35. The predicted octanol–water partition coefficient (Wildman–Crippen LogP) is 2.95. The molecule has 0 bridgehead atoms. The van der Waals surface area contributed by atoms with Crippen molar-refractivity contribution in [2.75, 3.05) is 0 Å². The highest BCUT2D eigenvalue weighted by Gasteiger charge is 2.31. The minimum Gasteiger partial charge on any atom is -0.508 e. The zero-order valence-electron chi connectivity index (χ0n) is 8.92. The number of halogens is 5. The molecule has 0 amide bonds. The summed E-state index contributed by atoms with van der Waals surface area (Å²) in [5, 5.41) is 9.35. The number of phenolic OH excluding ortho intramolecular Hbond substituents is 1. The molecular weight excluding hydrogens is 261 g/mol. The van der Waals surface area contributed by atoms with E-state index in [1.165, 1.54) is 0 Å². The van der Waals surface area contributed by atoms with Crippen molar-refractivity contribution < 1.29 is 31.8 Å². The lowest BCUT2D eigenvalue weighted by Gasteiger charge is -2.15. The molecule has 8 heteroatoms. The number of alkyl halides is 5. The first-order chi connectivity index (χ1) is 8.19. The molecule has 1 aromatic carbocycles. The van der Waals surface area contributed by atoms with Crippen molar-refractivity contribution in [2.45, 2.75) is 25.3 Å². The van der Waals surface area contributed by atoms with Crippen molar-refractivity contribution in [1.29, 1.82) is 0 Å². The van der Waals surface area contributed by atoms with Gasteiger partial charge in [0.05, 0.1) is 0 Å². The SMILES string of the molecule is N[C@H](CC(F)F)c1cc(OC(F)(F)F)ccc1O. The number of aromatic hydroxyl groups is 1. The Bertz CT molecular complexity index is 408. The first-order valence-corrected chi connectivity index (χ1v) is 4.81. The quantitative estimate of drug-likeness (QED) is 0.828. The summed E-state index contributed by atoms with van der Waals surface area (Å²) in [6, 6.07) is 1.28. The summed E-state index contributed by atoms with van der Waals surface area (Å²) in [5.41, 5.74) is 5.13. The second kappa shape index (κ2) is 5.38. The highest BCUT2D eigenvalue weighted by Crippen LogP contribution is 2.32. The van der Waals surface area contributed by atoms with E-state index in [1.807, 2.05) is 0 Å². The van der Waals surface area contributed by atoms with Gasteiger partial charge in [0.25, 0.3) is 0 Å². The molecule has 1 rings (SSSR count). The van der Waals surface area contributed by atoms with Crippen LogP contribution in [0.2, 0.25) is 0 Å². The molecule has 0 aliphatic heterocycles. The third-order valence-electron chi connectivity index (χ3n) is 2.06. The van der Waals surface area contributed by atoms with Crippen LogP contribution in [0.4, 0.5) is 22.0 Å². The third kappa shape index (κ3) is 4.36. The van der Waals surface area contributed by atoms with Crippen molar-refractivity contribution in [1.82, 2.24) is 0 Å². The molecule has 0 aliphatic carbocycles. The van der Waals surface area contributed by atoms with E-state index in [1.54, 1.807) is 0 Å². The Morgan fingerprint density at radius 1 is 1.28 bits per heavy atom. The maximum atomic E-state index is 12.1. The summed E-state index contributed by atoms with van der Waals surface area (Å²) in [4.78, 5) is 0. The second-order valence-corrected chi connectivity index (χ2v) is 3.50. The van der Waals surface area contributed by atoms with E-state index in [9.17, 15) is 27.1 Å². The van der Waals surface area contributed by atoms with Crippen LogP contribution < -0.4 is 10.5 Å². The largest absolute Gasteiger partial charge is 0.573 e. The summed E-state index contributed by atoms with van der Waals surface area (Å²) < 4.78 is 63.6. The Morgan fingerprint density at radius 2 is 1.89 bits per heavy atom. The second-order valence-electron chi connectivity index (χ2n) is 3.50. The Morgan fingerprint density at radius 3 is 2.39 bits per heavy atom. The molecule has 0 unspecified atom stereocenters. The molecule has 0 heterocycles. The molecule has 0 fully saturated rings. The van der Waals surface area contributed by atoms with Gasteiger partial charge in [-0.1, -0.05) is 0 Å². The van der Waals surface area contributed by atoms with Gasteiger partial charge in [0.1, 0.15) is 11.5 Å². The minimum atomic E-state index is -4.90. The molecule has 0 saturated carbocycles. The van der Waals surface area contributed by atoms with Gasteiger partial charge in [-0.3, -0.25) is 0 Å². The van der Waals surface area contributed by atoms with E-state index < -0.39 is 36.7 Å². The summed E-state index contributed by atoms with van der Waals surface area (Å²) in [6.07, 6.45) is -8.41. The van der Waals surface area contributed by atoms with E-state index in [0.717, 1.165) is 18.2 Å². The molecule has 0 aromatic heterocycles. The molecule has 3 N–H and O–H groups in total. The van der Waals surface area contributed by atoms with E-state index in [2.05, 4.69) is 4.74 Å². The van der Waals surface area contributed by atoms with Crippen molar-refractivity contribution in [3.63, 3.8) is 0 Å². The normalized spacial score (nSPS) is 13.7. The topological polar surface area (TPSA) is 55.5 Å². The van der Waals surface area contributed by atoms with Crippen LogP contribution in [0.15, 0.2) is 18.2 Å². The maximum absolute atomic E-state index is 12.1. The Labute approximate surface area is 99.0 Å². The van der Waals surface area contributed by atoms with Crippen LogP contribution in [-0.4, -0.2) is 17.9 Å². The van der Waals surface area contributed by atoms with Crippen molar-refractivity contribution >= 4 is 0 Å². The fraction of sp³-hybridized carbons (Fsp3) is 0.400. The zero-order valence-corrected chi connectivity index (χ0v) is 8.92. The van der Waals surface area contributed by atoms with Gasteiger partial charge in [-0.25, -0.2) is 8.78 Å². The van der Waals surface area contributed by atoms with Gasteiger partial charge >= 0.3 is 6.36 Å². The van der Waals surface area contributed by atoms with Gasteiger partial charge < -0.3 is 15.6 Å². The van der Waals surface area contributed by atoms with Gasteiger partial charge in [-0.05, 0) is 18.2 Å². The van der Waals surface area contributed by atoms with Gasteiger partial charge in [0, 0.05) is 18.0 Å². The van der Waals surface area contributed by atoms with E-state index in [4.69, 9.17) is 5.73 Å². The number of hydrogen-bond acceptors (Lipinski definition) is 3. The molecule has 18 heavy (non-hydrogen) atoms. The van der Waals surface area contributed by atoms with Gasteiger partial charge in [-0.15, -0.1) is 13.2 Å². The van der Waals surface area contributed by atoms with Crippen LogP contribution in [0.25, 0.3) is 0 Å². The minimum absolute atomic E-state index is 0.225. The average molecular weight is 271 g/mol. The van der Waals surface area contributed by atoms with Gasteiger partial charge in [-0.2, -0.15) is 0 Å². The average Bonchev–Trinajstić information content (AvgIpc) is 2.17. The van der Waals surface area contributed by atoms with Crippen LogP contribution in [0, 0.1) is 0 Å². The molecule has 0 saturated heterocycles. The molecule has 102 valence electrons. The highest BCUT2D eigenvalue weighted by molar-refractivity contribution is 5.41. The molecule has 1 atom stereocenters. The number of rotatable bonds is 4. The standard InChI is InChI=1S/C10H10F5NO2/c11-9(12)4-7(16)6-3-5(1-2-8(6)17)18-10(13,14)15/h1-3,7,9,17H,4,16H2/t7-/m1/s1. The lowest BCUT2D eigenvalue weighted by Crippen LogP contribution is -2.18. The first kappa shape index (κ1) is 14.5.